The van der Waals surface area contributed by atoms with Gasteiger partial charge in [0.1, 0.15) is 12.1 Å². The summed E-state index contributed by atoms with van der Waals surface area (Å²) in [4.78, 5) is 42.0. The second-order valence-corrected chi connectivity index (χ2v) is 12.4. The van der Waals surface area contributed by atoms with Crippen LogP contribution in [0.4, 0.5) is 0 Å². The van der Waals surface area contributed by atoms with Crippen molar-refractivity contribution in [2.24, 2.45) is 5.73 Å². The van der Waals surface area contributed by atoms with E-state index in [4.69, 9.17) is 22.6 Å². The van der Waals surface area contributed by atoms with Gasteiger partial charge in [-0.05, 0) is 61.2 Å². The topological polar surface area (TPSA) is 145 Å². The first kappa shape index (κ1) is 28.8. The molecule has 208 valence electrons. The third-order valence-electron chi connectivity index (χ3n) is 7.59. The largest absolute Gasteiger partial charge is 0.369 e. The van der Waals surface area contributed by atoms with Crippen molar-refractivity contribution in [1.29, 1.82) is 5.26 Å². The minimum absolute atomic E-state index is 0.0244. The number of fused-ring (bicyclic) bond motifs is 1. The molecule has 0 bridgehead atoms. The number of nitrogens with zero attached hydrogens (tertiary/aromatic N) is 4. The van der Waals surface area contributed by atoms with Gasteiger partial charge in [-0.1, -0.05) is 36.6 Å². The van der Waals surface area contributed by atoms with Crippen LogP contribution in [0.3, 0.4) is 0 Å². The predicted molar refractivity (Wildman–Crippen MR) is 146 cm³/mol. The van der Waals surface area contributed by atoms with E-state index in [1.807, 2.05) is 0 Å². The fraction of sp³-hybridized carbons (Fsp3) is 0.481. The number of halogens is 1. The van der Waals surface area contributed by atoms with Crippen LogP contribution in [0.25, 0.3) is 10.8 Å². The number of benzene rings is 2. The molecule has 10 nitrogen and oxygen atoms in total. The number of likely N-dealkylation sites (tertiary alicyclic amines) is 1. The molecule has 2 aromatic rings. The Bertz CT molecular complexity index is 1420. The van der Waals surface area contributed by atoms with Crippen LogP contribution in [-0.2, 0) is 24.4 Å². The van der Waals surface area contributed by atoms with Gasteiger partial charge < -0.3 is 15.5 Å². The molecule has 39 heavy (non-hydrogen) atoms. The van der Waals surface area contributed by atoms with Crippen molar-refractivity contribution >= 4 is 50.1 Å². The molecule has 2 aromatic carbocycles. The molecule has 1 heterocycles. The lowest BCUT2D eigenvalue weighted by Gasteiger charge is -2.34. The molecule has 1 saturated carbocycles. The Hall–Kier alpha value is -3.20. The quantitative estimate of drug-likeness (QED) is 0.462. The summed E-state index contributed by atoms with van der Waals surface area (Å²) in [6.07, 6.45) is 4.00. The average Bonchev–Trinajstić information content (AvgIpc) is 3.56. The smallest absolute Gasteiger partial charge is 0.245 e. The minimum atomic E-state index is -4.30. The van der Waals surface area contributed by atoms with Gasteiger partial charge in [-0.15, -0.1) is 0 Å². The highest BCUT2D eigenvalue weighted by Crippen LogP contribution is 2.30. The zero-order valence-electron chi connectivity index (χ0n) is 21.8. The molecule has 1 aliphatic heterocycles. The first-order chi connectivity index (χ1) is 18.5. The third-order valence-corrected chi connectivity index (χ3v) is 9.67. The van der Waals surface area contributed by atoms with Crippen LogP contribution in [0.2, 0.25) is 5.02 Å². The van der Waals surface area contributed by atoms with E-state index in [-0.39, 0.29) is 42.8 Å². The van der Waals surface area contributed by atoms with Crippen LogP contribution in [0.15, 0.2) is 41.3 Å². The molecule has 12 heteroatoms. The summed E-state index contributed by atoms with van der Waals surface area (Å²) in [6.45, 7) is 1.38. The van der Waals surface area contributed by atoms with Gasteiger partial charge in [-0.3, -0.25) is 14.4 Å². The average molecular weight is 574 g/mol. The first-order valence-corrected chi connectivity index (χ1v) is 14.8. The van der Waals surface area contributed by atoms with Crippen LogP contribution in [0.1, 0.15) is 45.4 Å². The van der Waals surface area contributed by atoms with E-state index in [1.54, 1.807) is 36.1 Å². The Morgan fingerprint density at radius 1 is 1.15 bits per heavy atom. The number of rotatable bonds is 10. The zero-order chi connectivity index (χ0) is 28.3. The summed E-state index contributed by atoms with van der Waals surface area (Å²) in [7, 11) is -4.30. The molecule has 4 rings (SSSR count). The highest BCUT2D eigenvalue weighted by molar-refractivity contribution is 7.89. The summed E-state index contributed by atoms with van der Waals surface area (Å²) in [5.41, 5.74) is 5.42. The van der Waals surface area contributed by atoms with E-state index in [2.05, 4.69) is 6.07 Å². The van der Waals surface area contributed by atoms with Crippen LogP contribution >= 0.6 is 11.6 Å². The molecular formula is C27H32ClN5O5S. The summed E-state index contributed by atoms with van der Waals surface area (Å²) in [5.74, 6) is -1.71. The van der Waals surface area contributed by atoms with Gasteiger partial charge in [0.15, 0.2) is 0 Å². The molecule has 1 aliphatic carbocycles. The zero-order valence-corrected chi connectivity index (χ0v) is 23.3. The van der Waals surface area contributed by atoms with Crippen molar-refractivity contribution in [1.82, 2.24) is 14.1 Å². The molecule has 2 atom stereocenters. The predicted octanol–water partition coefficient (Wildman–Crippen LogP) is 2.64. The number of primary amides is 1. The number of sulfonamides is 1. The van der Waals surface area contributed by atoms with Crippen molar-refractivity contribution in [3.63, 3.8) is 0 Å². The van der Waals surface area contributed by atoms with E-state index < -0.39 is 40.5 Å². The van der Waals surface area contributed by atoms with E-state index in [1.165, 1.54) is 17.0 Å². The molecule has 3 amide bonds. The van der Waals surface area contributed by atoms with Gasteiger partial charge in [-0.2, -0.15) is 9.57 Å². The fourth-order valence-electron chi connectivity index (χ4n) is 5.58. The number of carbonyl (C=O) groups is 3. The van der Waals surface area contributed by atoms with Gasteiger partial charge in [0.05, 0.1) is 23.9 Å². The lowest BCUT2D eigenvalue weighted by molar-refractivity contribution is -0.145. The number of nitrogens with two attached hydrogens (primary N) is 1. The summed E-state index contributed by atoms with van der Waals surface area (Å²) >= 11 is 6.04. The van der Waals surface area contributed by atoms with Gasteiger partial charge >= 0.3 is 0 Å². The van der Waals surface area contributed by atoms with Crippen molar-refractivity contribution in [3.05, 3.63) is 41.4 Å². The molecule has 2 N–H and O–H groups in total. The Labute approximate surface area is 233 Å². The Kier molecular flexibility index (Phi) is 8.79. The monoisotopic (exact) mass is 573 g/mol. The number of nitriles is 1. The third kappa shape index (κ3) is 6.03. The van der Waals surface area contributed by atoms with E-state index >= 15 is 0 Å². The van der Waals surface area contributed by atoms with Crippen molar-refractivity contribution < 1.29 is 22.8 Å². The van der Waals surface area contributed by atoms with Gasteiger partial charge in [0.25, 0.3) is 0 Å². The van der Waals surface area contributed by atoms with E-state index in [0.29, 0.717) is 10.4 Å². The first-order valence-electron chi connectivity index (χ1n) is 13.0. The molecule has 0 aromatic heterocycles. The van der Waals surface area contributed by atoms with Gasteiger partial charge in [0, 0.05) is 24.2 Å². The van der Waals surface area contributed by atoms with E-state index in [0.717, 1.165) is 35.4 Å². The number of hydrogen-bond acceptors (Lipinski definition) is 6. The van der Waals surface area contributed by atoms with Gasteiger partial charge in [0.2, 0.25) is 27.7 Å². The van der Waals surface area contributed by atoms with Crippen LogP contribution in [0.5, 0.6) is 0 Å². The Balaban J connectivity index is 1.59. The van der Waals surface area contributed by atoms with Crippen LogP contribution in [-0.4, -0.2) is 78.0 Å². The van der Waals surface area contributed by atoms with Crippen LogP contribution < -0.4 is 5.73 Å². The molecule has 2 fully saturated rings. The van der Waals surface area contributed by atoms with Crippen molar-refractivity contribution in [2.75, 3.05) is 19.6 Å². The SMILES string of the molecule is C[C@@H](C(=O)N(CCC#N)C1CCCC1)N1CC[C@H](N(CC(N)=O)S(=O)(=O)c2ccc3cc(Cl)ccc3c2)C1=O. The highest BCUT2D eigenvalue weighted by Gasteiger charge is 2.46. The number of amides is 3. The van der Waals surface area contributed by atoms with Crippen molar-refractivity contribution in [2.45, 2.75) is 68.5 Å². The molecular weight excluding hydrogens is 542 g/mol. The Morgan fingerprint density at radius 2 is 1.82 bits per heavy atom. The second kappa shape index (κ2) is 11.9. The van der Waals surface area contributed by atoms with Crippen molar-refractivity contribution in [3.8, 4) is 6.07 Å². The summed E-state index contributed by atoms with van der Waals surface area (Å²) in [5, 5.41) is 11.0. The normalized spacial score (nSPS) is 19.0. The molecule has 0 spiro atoms. The van der Waals surface area contributed by atoms with Crippen LogP contribution in [0, 0.1) is 11.3 Å². The van der Waals surface area contributed by atoms with E-state index in [9.17, 15) is 22.8 Å². The maximum absolute atomic E-state index is 13.7. The minimum Gasteiger partial charge on any atom is -0.369 e. The number of hydrogen-bond donors (Lipinski definition) is 1. The second-order valence-electron chi connectivity index (χ2n) is 10.1. The molecule has 1 saturated heterocycles. The summed E-state index contributed by atoms with van der Waals surface area (Å²) in [6, 6.07) is 9.59. The lowest BCUT2D eigenvalue weighted by Crippen LogP contribution is -2.53. The van der Waals surface area contributed by atoms with Gasteiger partial charge in [-0.25, -0.2) is 8.42 Å². The number of carbonyl (C=O) groups excluding carboxylic acids is 3. The lowest BCUT2D eigenvalue weighted by atomic mass is 10.1. The maximum Gasteiger partial charge on any atom is 0.245 e. The highest BCUT2D eigenvalue weighted by atomic mass is 35.5. The molecule has 0 radical (unpaired) electrons. The molecule has 2 aliphatic rings. The summed E-state index contributed by atoms with van der Waals surface area (Å²) < 4.78 is 28.3. The Morgan fingerprint density at radius 3 is 2.49 bits per heavy atom. The molecule has 0 unspecified atom stereocenters. The fourth-order valence-corrected chi connectivity index (χ4v) is 7.37. The standard InChI is InChI=1S/C27H32ClN5O5S/c1-18(26(35)32(13-4-12-29)22-5-2-3-6-22)31-14-11-24(27(31)36)33(17-25(30)34)39(37,38)23-10-8-19-15-21(28)9-7-20(19)16-23/h7-10,15-16,18,22,24H,2-6,11,13-14,17H2,1H3,(H2,30,34)/t18-,24-/m0/s1. The maximum atomic E-state index is 13.7.